The highest BCUT2D eigenvalue weighted by Crippen LogP contribution is 2.31. The Kier molecular flexibility index (Phi) is 2.60. The smallest absolute Gasteiger partial charge is 0.435 e. The maximum absolute atomic E-state index is 12.8. The van der Waals surface area contributed by atoms with Crippen LogP contribution in [0.4, 0.5) is 13.2 Å². The van der Waals surface area contributed by atoms with Crippen molar-refractivity contribution in [1.29, 1.82) is 0 Å². The van der Waals surface area contributed by atoms with Gasteiger partial charge in [0.1, 0.15) is 5.58 Å². The van der Waals surface area contributed by atoms with Crippen LogP contribution in [-0.4, -0.2) is 21.3 Å². The summed E-state index contributed by atoms with van der Waals surface area (Å²) in [5, 5.41) is 7.20. The average Bonchev–Trinajstić information content (AvgIpc) is 3.04. The first kappa shape index (κ1) is 12.4. The molecule has 0 amide bonds. The lowest BCUT2D eigenvalue weighted by Crippen LogP contribution is -2.13. The van der Waals surface area contributed by atoms with E-state index in [-0.39, 0.29) is 11.3 Å². The summed E-state index contributed by atoms with van der Waals surface area (Å²) in [6.07, 6.45) is -2.09. The van der Waals surface area contributed by atoms with Crippen LogP contribution in [0.5, 0.6) is 0 Å². The number of carbonyl (C=O) groups is 1. The monoisotopic (exact) mass is 281 g/mol. The van der Waals surface area contributed by atoms with E-state index in [1.165, 1.54) is 18.4 Å². The SMILES string of the molecule is O=Cc1cc(-n2nncc2C(F)(F)F)cc2ccoc12. The third-order valence-corrected chi connectivity index (χ3v) is 2.78. The zero-order valence-corrected chi connectivity index (χ0v) is 9.76. The van der Waals surface area contributed by atoms with E-state index >= 15 is 0 Å². The Morgan fingerprint density at radius 1 is 1.30 bits per heavy atom. The number of fused-ring (bicyclic) bond motifs is 1. The zero-order chi connectivity index (χ0) is 14.3. The van der Waals surface area contributed by atoms with Crippen molar-refractivity contribution in [1.82, 2.24) is 15.0 Å². The van der Waals surface area contributed by atoms with Gasteiger partial charge in [-0.3, -0.25) is 4.79 Å². The van der Waals surface area contributed by atoms with Gasteiger partial charge in [0.05, 0.1) is 23.7 Å². The number of carbonyl (C=O) groups excluding carboxylic acids is 1. The molecule has 0 unspecified atom stereocenters. The molecule has 0 bridgehead atoms. The number of alkyl halides is 3. The number of halogens is 3. The minimum absolute atomic E-state index is 0.0887. The van der Waals surface area contributed by atoms with Crippen molar-refractivity contribution in [3.8, 4) is 5.69 Å². The van der Waals surface area contributed by atoms with Crippen molar-refractivity contribution in [2.75, 3.05) is 0 Å². The fraction of sp³-hybridized carbons (Fsp3) is 0.0833. The van der Waals surface area contributed by atoms with Crippen LogP contribution in [0.15, 0.2) is 35.1 Å². The van der Waals surface area contributed by atoms with Gasteiger partial charge in [-0.2, -0.15) is 13.2 Å². The van der Waals surface area contributed by atoms with Crippen LogP contribution in [-0.2, 0) is 6.18 Å². The number of aldehydes is 1. The summed E-state index contributed by atoms with van der Waals surface area (Å²) in [5.74, 6) is 0. The highest BCUT2D eigenvalue weighted by molar-refractivity contribution is 5.96. The fourth-order valence-corrected chi connectivity index (χ4v) is 1.92. The molecule has 3 rings (SSSR count). The first-order valence-electron chi connectivity index (χ1n) is 5.45. The summed E-state index contributed by atoms with van der Waals surface area (Å²) in [6.45, 7) is 0. The number of hydrogen-bond donors (Lipinski definition) is 0. The van der Waals surface area contributed by atoms with Gasteiger partial charge in [0, 0.05) is 5.39 Å². The second-order valence-corrected chi connectivity index (χ2v) is 4.02. The lowest BCUT2D eigenvalue weighted by molar-refractivity contribution is -0.142. The zero-order valence-electron chi connectivity index (χ0n) is 9.76. The average molecular weight is 281 g/mol. The lowest BCUT2D eigenvalue weighted by Gasteiger charge is -2.09. The molecule has 0 aliphatic carbocycles. The Labute approximate surface area is 109 Å². The van der Waals surface area contributed by atoms with E-state index in [1.807, 2.05) is 0 Å². The summed E-state index contributed by atoms with van der Waals surface area (Å²) >= 11 is 0. The van der Waals surface area contributed by atoms with E-state index in [0.29, 0.717) is 28.1 Å². The van der Waals surface area contributed by atoms with Gasteiger partial charge in [-0.1, -0.05) is 5.21 Å². The van der Waals surface area contributed by atoms with Gasteiger partial charge in [0.15, 0.2) is 12.0 Å². The molecule has 5 nitrogen and oxygen atoms in total. The molecule has 0 aliphatic heterocycles. The van der Waals surface area contributed by atoms with Crippen LogP contribution in [0.3, 0.4) is 0 Å². The first-order valence-corrected chi connectivity index (χ1v) is 5.45. The van der Waals surface area contributed by atoms with Crippen LogP contribution >= 0.6 is 0 Å². The predicted molar refractivity (Wildman–Crippen MR) is 61.5 cm³/mol. The summed E-state index contributed by atoms with van der Waals surface area (Å²) in [7, 11) is 0. The lowest BCUT2D eigenvalue weighted by atomic mass is 10.1. The largest absolute Gasteiger partial charge is 0.464 e. The van der Waals surface area contributed by atoms with Crippen LogP contribution in [0, 0.1) is 0 Å². The predicted octanol–water partition coefficient (Wildman–Crippen LogP) is 2.84. The molecule has 2 heterocycles. The molecule has 102 valence electrons. The molecule has 3 aromatic rings. The molecular formula is C12H6F3N3O2. The van der Waals surface area contributed by atoms with E-state index in [9.17, 15) is 18.0 Å². The summed E-state index contributed by atoms with van der Waals surface area (Å²) in [6, 6.07) is 4.26. The molecule has 0 radical (unpaired) electrons. The molecule has 1 aromatic carbocycles. The Morgan fingerprint density at radius 3 is 2.80 bits per heavy atom. The van der Waals surface area contributed by atoms with E-state index in [4.69, 9.17) is 4.42 Å². The van der Waals surface area contributed by atoms with Gasteiger partial charge < -0.3 is 4.42 Å². The van der Waals surface area contributed by atoms with Gasteiger partial charge in [0.25, 0.3) is 0 Å². The van der Waals surface area contributed by atoms with Gasteiger partial charge in [-0.05, 0) is 18.2 Å². The molecule has 20 heavy (non-hydrogen) atoms. The van der Waals surface area contributed by atoms with E-state index in [2.05, 4.69) is 10.3 Å². The van der Waals surface area contributed by atoms with Crippen molar-refractivity contribution in [2.45, 2.75) is 6.18 Å². The number of aromatic nitrogens is 3. The number of hydrogen-bond acceptors (Lipinski definition) is 4. The summed E-state index contributed by atoms with van der Waals surface area (Å²) in [4.78, 5) is 11.0. The summed E-state index contributed by atoms with van der Waals surface area (Å²) < 4.78 is 44.2. The molecule has 8 heteroatoms. The third kappa shape index (κ3) is 1.85. The number of nitrogens with zero attached hydrogens (tertiary/aromatic N) is 3. The molecule has 0 N–H and O–H groups in total. The molecule has 0 atom stereocenters. The van der Waals surface area contributed by atoms with Crippen molar-refractivity contribution in [3.63, 3.8) is 0 Å². The molecule has 0 spiro atoms. The number of rotatable bonds is 2. The van der Waals surface area contributed by atoms with E-state index < -0.39 is 11.9 Å². The number of furan rings is 1. The standard InChI is InChI=1S/C12H6F3N3O2/c13-12(14,15)10-5-16-17-18(10)9-3-7-1-2-20-11(7)8(4-9)6-19/h1-6H. The fourth-order valence-electron chi connectivity index (χ4n) is 1.92. The van der Waals surface area contributed by atoms with Crippen LogP contribution in [0.2, 0.25) is 0 Å². The van der Waals surface area contributed by atoms with Gasteiger partial charge in [-0.15, -0.1) is 5.10 Å². The highest BCUT2D eigenvalue weighted by Gasteiger charge is 2.36. The van der Waals surface area contributed by atoms with Crippen molar-refractivity contribution >= 4 is 17.3 Å². The van der Waals surface area contributed by atoms with Gasteiger partial charge in [-0.25, -0.2) is 4.68 Å². The van der Waals surface area contributed by atoms with Crippen molar-refractivity contribution < 1.29 is 22.4 Å². The Balaban J connectivity index is 2.25. The first-order chi connectivity index (χ1) is 9.50. The normalized spacial score (nSPS) is 11.9. The molecule has 0 saturated carbocycles. The number of benzene rings is 1. The van der Waals surface area contributed by atoms with Gasteiger partial charge >= 0.3 is 6.18 Å². The van der Waals surface area contributed by atoms with E-state index in [1.54, 1.807) is 6.07 Å². The Morgan fingerprint density at radius 2 is 2.10 bits per heavy atom. The minimum atomic E-state index is -4.59. The van der Waals surface area contributed by atoms with Crippen molar-refractivity contribution in [3.05, 3.63) is 41.9 Å². The van der Waals surface area contributed by atoms with Crippen molar-refractivity contribution in [2.24, 2.45) is 0 Å². The molecule has 2 aromatic heterocycles. The van der Waals surface area contributed by atoms with Crippen LogP contribution < -0.4 is 0 Å². The van der Waals surface area contributed by atoms with E-state index in [0.717, 1.165) is 0 Å². The quantitative estimate of drug-likeness (QED) is 0.678. The maximum atomic E-state index is 12.8. The third-order valence-electron chi connectivity index (χ3n) is 2.78. The molecule has 0 aliphatic rings. The van der Waals surface area contributed by atoms with Crippen LogP contribution in [0.25, 0.3) is 16.7 Å². The maximum Gasteiger partial charge on any atom is 0.435 e. The Hall–Kier alpha value is -2.64. The van der Waals surface area contributed by atoms with Crippen LogP contribution in [0.1, 0.15) is 16.1 Å². The minimum Gasteiger partial charge on any atom is -0.464 e. The molecular weight excluding hydrogens is 275 g/mol. The summed E-state index contributed by atoms with van der Waals surface area (Å²) in [5.41, 5.74) is -0.466. The second-order valence-electron chi connectivity index (χ2n) is 4.02. The molecule has 0 fully saturated rings. The Bertz CT molecular complexity index is 789. The highest BCUT2D eigenvalue weighted by atomic mass is 19.4. The second kappa shape index (κ2) is 4.19. The van der Waals surface area contributed by atoms with Gasteiger partial charge in [0.2, 0.25) is 0 Å². The molecule has 0 saturated heterocycles. The topological polar surface area (TPSA) is 60.9 Å².